The molecule has 0 aromatic carbocycles. The van der Waals surface area contributed by atoms with Gasteiger partial charge in [0.1, 0.15) is 29.9 Å². The second kappa shape index (κ2) is 5.40. The third-order valence-electron chi connectivity index (χ3n) is 4.70. The standard InChI is InChI=1S/C16H17N9/c1-11-8-23(16-12-4-5-17-15(12)18-9-19-16)6-7-24(11)14-3-2-13-21-20-10-25(13)22-14/h2-5,9-11H,6-8H2,1H3,(H,17,18,19)/t11-/m1/s1. The van der Waals surface area contributed by atoms with Crippen LogP contribution in [-0.4, -0.2) is 60.4 Å². The molecule has 1 fully saturated rings. The highest BCUT2D eigenvalue weighted by atomic mass is 15.4. The molecule has 4 aromatic heterocycles. The summed E-state index contributed by atoms with van der Waals surface area (Å²) in [5.41, 5.74) is 1.63. The van der Waals surface area contributed by atoms with E-state index < -0.39 is 0 Å². The molecule has 0 radical (unpaired) electrons. The predicted octanol–water partition coefficient (Wildman–Crippen LogP) is 1.11. The fraction of sp³-hybridized carbons (Fsp3) is 0.312. The maximum atomic E-state index is 4.62. The van der Waals surface area contributed by atoms with Crippen LogP contribution in [0.2, 0.25) is 0 Å². The van der Waals surface area contributed by atoms with E-state index in [0.29, 0.717) is 6.04 Å². The number of aromatic nitrogens is 7. The van der Waals surface area contributed by atoms with E-state index in [1.54, 1.807) is 17.2 Å². The molecule has 4 aromatic rings. The third-order valence-corrected chi connectivity index (χ3v) is 4.70. The van der Waals surface area contributed by atoms with Gasteiger partial charge in [0.05, 0.1) is 5.39 Å². The topological polar surface area (TPSA) is 91.1 Å². The largest absolute Gasteiger partial charge is 0.352 e. The Morgan fingerprint density at radius 2 is 2.12 bits per heavy atom. The molecule has 0 spiro atoms. The Bertz CT molecular complexity index is 1040. The summed E-state index contributed by atoms with van der Waals surface area (Å²) in [6, 6.07) is 6.29. The highest BCUT2D eigenvalue weighted by Gasteiger charge is 2.27. The molecule has 1 aliphatic rings. The average molecular weight is 335 g/mol. The van der Waals surface area contributed by atoms with Crippen molar-refractivity contribution in [2.45, 2.75) is 13.0 Å². The maximum Gasteiger partial charge on any atom is 0.177 e. The van der Waals surface area contributed by atoms with Crippen molar-refractivity contribution in [3.63, 3.8) is 0 Å². The number of hydrogen-bond acceptors (Lipinski definition) is 7. The molecule has 0 bridgehead atoms. The molecule has 0 amide bonds. The van der Waals surface area contributed by atoms with Crippen LogP contribution in [0.25, 0.3) is 16.7 Å². The van der Waals surface area contributed by atoms with E-state index in [4.69, 9.17) is 0 Å². The lowest BCUT2D eigenvalue weighted by Gasteiger charge is -2.41. The van der Waals surface area contributed by atoms with Gasteiger partial charge >= 0.3 is 0 Å². The number of H-pyrrole nitrogens is 1. The summed E-state index contributed by atoms with van der Waals surface area (Å²) < 4.78 is 1.71. The maximum absolute atomic E-state index is 4.62. The number of hydrogen-bond donors (Lipinski definition) is 1. The van der Waals surface area contributed by atoms with Gasteiger partial charge in [0.2, 0.25) is 0 Å². The van der Waals surface area contributed by atoms with Gasteiger partial charge in [-0.1, -0.05) is 0 Å². The van der Waals surface area contributed by atoms with Crippen LogP contribution in [0, 0.1) is 0 Å². The van der Waals surface area contributed by atoms with Crippen molar-refractivity contribution in [1.29, 1.82) is 0 Å². The molecule has 25 heavy (non-hydrogen) atoms. The van der Waals surface area contributed by atoms with E-state index in [1.807, 2.05) is 24.4 Å². The zero-order valence-electron chi connectivity index (χ0n) is 13.7. The number of nitrogens with one attached hydrogen (secondary N) is 1. The Morgan fingerprint density at radius 3 is 3.04 bits per heavy atom. The third kappa shape index (κ3) is 2.27. The van der Waals surface area contributed by atoms with E-state index in [1.165, 1.54) is 0 Å². The van der Waals surface area contributed by atoms with Crippen LogP contribution in [0.1, 0.15) is 6.92 Å². The molecular weight excluding hydrogens is 318 g/mol. The number of rotatable bonds is 2. The van der Waals surface area contributed by atoms with Gasteiger partial charge in [-0.15, -0.1) is 15.3 Å². The summed E-state index contributed by atoms with van der Waals surface area (Å²) >= 11 is 0. The van der Waals surface area contributed by atoms with Crippen LogP contribution < -0.4 is 9.80 Å². The first kappa shape index (κ1) is 14.1. The number of anilines is 2. The van der Waals surface area contributed by atoms with Gasteiger partial charge < -0.3 is 14.8 Å². The Kier molecular flexibility index (Phi) is 3.06. The molecule has 1 aliphatic heterocycles. The molecule has 1 N–H and O–H groups in total. The van der Waals surface area contributed by atoms with Crippen LogP contribution in [0.5, 0.6) is 0 Å². The lowest BCUT2D eigenvalue weighted by molar-refractivity contribution is 0.540. The zero-order chi connectivity index (χ0) is 16.8. The van der Waals surface area contributed by atoms with E-state index in [9.17, 15) is 0 Å². The molecule has 9 nitrogen and oxygen atoms in total. The fourth-order valence-electron chi connectivity index (χ4n) is 3.47. The number of nitrogens with zero attached hydrogens (tertiary/aromatic N) is 8. The highest BCUT2D eigenvalue weighted by Crippen LogP contribution is 2.26. The van der Waals surface area contributed by atoms with Gasteiger partial charge in [-0.2, -0.15) is 4.52 Å². The Labute approximate surface area is 143 Å². The van der Waals surface area contributed by atoms with Gasteiger partial charge in [0.15, 0.2) is 5.65 Å². The van der Waals surface area contributed by atoms with Gasteiger partial charge in [-0.3, -0.25) is 0 Å². The summed E-state index contributed by atoms with van der Waals surface area (Å²) in [5, 5.41) is 13.6. The van der Waals surface area contributed by atoms with Crippen molar-refractivity contribution in [2.75, 3.05) is 29.4 Å². The van der Waals surface area contributed by atoms with Crippen molar-refractivity contribution >= 4 is 28.3 Å². The van der Waals surface area contributed by atoms with Gasteiger partial charge in [0.25, 0.3) is 0 Å². The van der Waals surface area contributed by atoms with Crippen molar-refractivity contribution in [1.82, 2.24) is 34.8 Å². The number of piperazine rings is 1. The molecule has 1 atom stereocenters. The average Bonchev–Trinajstić information content (AvgIpc) is 3.29. The summed E-state index contributed by atoms with van der Waals surface area (Å²) in [4.78, 5) is 16.6. The van der Waals surface area contributed by atoms with Crippen LogP contribution in [-0.2, 0) is 0 Å². The monoisotopic (exact) mass is 335 g/mol. The van der Waals surface area contributed by atoms with Gasteiger partial charge in [0, 0.05) is 31.9 Å². The van der Waals surface area contributed by atoms with E-state index >= 15 is 0 Å². The summed E-state index contributed by atoms with van der Waals surface area (Å²) in [5.74, 6) is 1.92. The van der Waals surface area contributed by atoms with E-state index in [2.05, 4.69) is 47.0 Å². The Balaban J connectivity index is 1.42. The number of fused-ring (bicyclic) bond motifs is 2. The van der Waals surface area contributed by atoms with Crippen molar-refractivity contribution in [3.05, 3.63) is 37.1 Å². The first-order valence-electron chi connectivity index (χ1n) is 8.26. The van der Waals surface area contributed by atoms with E-state index in [-0.39, 0.29) is 0 Å². The van der Waals surface area contributed by atoms with Crippen LogP contribution in [0.15, 0.2) is 37.1 Å². The van der Waals surface area contributed by atoms with Crippen LogP contribution in [0.3, 0.4) is 0 Å². The van der Waals surface area contributed by atoms with Crippen LogP contribution >= 0.6 is 0 Å². The summed E-state index contributed by atoms with van der Waals surface area (Å²) in [6.45, 7) is 4.83. The molecule has 0 saturated carbocycles. The van der Waals surface area contributed by atoms with Crippen molar-refractivity contribution in [3.8, 4) is 0 Å². The Morgan fingerprint density at radius 1 is 1.16 bits per heavy atom. The minimum Gasteiger partial charge on any atom is -0.352 e. The Hall–Kier alpha value is -3.23. The predicted molar refractivity (Wildman–Crippen MR) is 93.7 cm³/mol. The summed E-state index contributed by atoms with van der Waals surface area (Å²) in [7, 11) is 0. The lowest BCUT2D eigenvalue weighted by Crippen LogP contribution is -2.52. The second-order valence-electron chi connectivity index (χ2n) is 6.25. The molecule has 0 unspecified atom stereocenters. The normalized spacial score (nSPS) is 18.4. The minimum absolute atomic E-state index is 0.305. The first-order chi connectivity index (χ1) is 12.3. The SMILES string of the molecule is C[C@@H]1CN(c2ncnc3[nH]ccc23)CCN1c1ccc2nncn2n1. The fourth-order valence-corrected chi connectivity index (χ4v) is 3.47. The smallest absolute Gasteiger partial charge is 0.177 e. The second-order valence-corrected chi connectivity index (χ2v) is 6.25. The molecule has 5 heterocycles. The van der Waals surface area contributed by atoms with Crippen LogP contribution in [0.4, 0.5) is 11.6 Å². The molecule has 5 rings (SSSR count). The highest BCUT2D eigenvalue weighted by molar-refractivity contribution is 5.87. The van der Waals surface area contributed by atoms with Gasteiger partial charge in [-0.25, -0.2) is 9.97 Å². The molecular formula is C16H17N9. The van der Waals surface area contributed by atoms with Crippen molar-refractivity contribution in [2.24, 2.45) is 0 Å². The van der Waals surface area contributed by atoms with Gasteiger partial charge in [-0.05, 0) is 25.1 Å². The minimum atomic E-state index is 0.305. The quantitative estimate of drug-likeness (QED) is 0.587. The molecule has 0 aliphatic carbocycles. The van der Waals surface area contributed by atoms with Crippen molar-refractivity contribution < 1.29 is 0 Å². The molecule has 9 heteroatoms. The zero-order valence-corrected chi connectivity index (χ0v) is 13.7. The first-order valence-corrected chi connectivity index (χ1v) is 8.26. The summed E-state index contributed by atoms with van der Waals surface area (Å²) in [6.07, 6.45) is 5.15. The lowest BCUT2D eigenvalue weighted by atomic mass is 10.1. The van der Waals surface area contributed by atoms with E-state index in [0.717, 1.165) is 48.0 Å². The molecule has 126 valence electrons. The number of aromatic amines is 1. The molecule has 1 saturated heterocycles.